The normalized spacial score (nSPS) is 22.4. The fraction of sp³-hybridized carbons (Fsp3) is 0.321. The summed E-state index contributed by atoms with van der Waals surface area (Å²) in [4.78, 5) is 9.98. The maximum Gasteiger partial charge on any atom is 0.162 e. The van der Waals surface area contributed by atoms with E-state index < -0.39 is 0 Å². The lowest BCUT2D eigenvalue weighted by atomic mass is 9.89. The molecule has 4 unspecified atom stereocenters. The van der Waals surface area contributed by atoms with Crippen molar-refractivity contribution in [2.45, 2.75) is 51.0 Å². The van der Waals surface area contributed by atoms with Crippen molar-refractivity contribution < 1.29 is 9.47 Å². The number of epoxide rings is 1. The van der Waals surface area contributed by atoms with Crippen LogP contribution in [0.2, 0.25) is 0 Å². The summed E-state index contributed by atoms with van der Waals surface area (Å²) in [6.07, 6.45) is 8.45. The number of rotatable bonds is 8. The number of nitrogens with zero attached hydrogens (tertiary/aromatic N) is 3. The zero-order valence-corrected chi connectivity index (χ0v) is 20.7. The molecule has 0 amide bonds. The third kappa shape index (κ3) is 4.34. The molecule has 184 valence electrons. The van der Waals surface area contributed by atoms with Gasteiger partial charge in [-0.15, -0.1) is 0 Å². The number of methoxy groups -OCH3 is 1. The molecule has 0 saturated carbocycles. The molecular formula is C28H30N6O2. The van der Waals surface area contributed by atoms with Gasteiger partial charge in [0.2, 0.25) is 0 Å². The first-order valence-electron chi connectivity index (χ1n) is 12.5. The summed E-state index contributed by atoms with van der Waals surface area (Å²) in [6, 6.07) is 14.3. The third-order valence-corrected chi connectivity index (χ3v) is 6.93. The van der Waals surface area contributed by atoms with Gasteiger partial charge in [0.1, 0.15) is 11.9 Å². The average molecular weight is 483 g/mol. The standard InChI is InChI=1S/C28H30N6O2/c1-4-6-24-28(36-24)31-19-8-5-7-17(13-19)26-32-22-11-12-23(35-3)16(2)25(22)27(33-26)30-20-9-10-21-18(14-20)15-29-34-21/h5,7-16,23-24,28,31H,4,6H2,1-3H3,(H,29,34)(H,30,32,33). The Morgan fingerprint density at radius 3 is 2.89 bits per heavy atom. The summed E-state index contributed by atoms with van der Waals surface area (Å²) in [5.41, 5.74) is 5.82. The molecular weight excluding hydrogens is 452 g/mol. The molecule has 1 aliphatic heterocycles. The van der Waals surface area contributed by atoms with Crippen molar-refractivity contribution in [3.05, 3.63) is 66.0 Å². The lowest BCUT2D eigenvalue weighted by Crippen LogP contribution is -2.22. The fourth-order valence-corrected chi connectivity index (χ4v) is 4.93. The number of aromatic nitrogens is 4. The Labute approximate surface area is 210 Å². The number of aromatic amines is 1. The van der Waals surface area contributed by atoms with Gasteiger partial charge in [-0.3, -0.25) is 5.10 Å². The summed E-state index contributed by atoms with van der Waals surface area (Å²) < 4.78 is 11.5. The molecule has 36 heavy (non-hydrogen) atoms. The van der Waals surface area contributed by atoms with E-state index in [1.807, 2.05) is 36.5 Å². The van der Waals surface area contributed by atoms with Gasteiger partial charge in [0, 0.05) is 40.9 Å². The van der Waals surface area contributed by atoms with Crippen molar-refractivity contribution >= 4 is 34.2 Å². The Balaban J connectivity index is 1.37. The minimum atomic E-state index is -0.0361. The maximum absolute atomic E-state index is 5.74. The van der Waals surface area contributed by atoms with Crippen LogP contribution in [0.3, 0.4) is 0 Å². The molecule has 0 radical (unpaired) electrons. The van der Waals surface area contributed by atoms with E-state index in [4.69, 9.17) is 19.4 Å². The molecule has 2 aliphatic rings. The largest absolute Gasteiger partial charge is 0.377 e. The van der Waals surface area contributed by atoms with Gasteiger partial charge in [-0.1, -0.05) is 38.5 Å². The molecule has 4 atom stereocenters. The second-order valence-electron chi connectivity index (χ2n) is 9.45. The van der Waals surface area contributed by atoms with E-state index >= 15 is 0 Å². The topological polar surface area (TPSA) is 100 Å². The number of hydrogen-bond acceptors (Lipinski definition) is 7. The third-order valence-electron chi connectivity index (χ3n) is 6.93. The molecule has 8 nitrogen and oxygen atoms in total. The Kier molecular flexibility index (Phi) is 5.91. The van der Waals surface area contributed by atoms with Crippen molar-refractivity contribution in [1.29, 1.82) is 0 Å². The van der Waals surface area contributed by atoms with E-state index in [1.165, 1.54) is 0 Å². The number of H-pyrrole nitrogens is 1. The molecule has 1 aliphatic carbocycles. The van der Waals surface area contributed by atoms with E-state index in [0.717, 1.165) is 57.8 Å². The van der Waals surface area contributed by atoms with Crippen LogP contribution in [0, 0.1) is 0 Å². The van der Waals surface area contributed by atoms with E-state index in [2.05, 4.69) is 59.0 Å². The Morgan fingerprint density at radius 2 is 2.03 bits per heavy atom. The van der Waals surface area contributed by atoms with Crippen molar-refractivity contribution in [3.8, 4) is 11.4 Å². The van der Waals surface area contributed by atoms with Gasteiger partial charge in [0.15, 0.2) is 12.1 Å². The lowest BCUT2D eigenvalue weighted by molar-refractivity contribution is 0.121. The minimum absolute atomic E-state index is 0.0361. The van der Waals surface area contributed by atoms with Crippen LogP contribution in [0.25, 0.3) is 28.4 Å². The number of anilines is 3. The van der Waals surface area contributed by atoms with Crippen molar-refractivity contribution in [2.24, 2.45) is 0 Å². The first kappa shape index (κ1) is 22.7. The Hall–Kier alpha value is -3.75. The van der Waals surface area contributed by atoms with Gasteiger partial charge < -0.3 is 20.1 Å². The average Bonchev–Trinajstić information content (AvgIpc) is 3.43. The van der Waals surface area contributed by atoms with E-state index in [0.29, 0.717) is 11.9 Å². The van der Waals surface area contributed by atoms with Crippen LogP contribution in [-0.2, 0) is 9.47 Å². The zero-order valence-electron chi connectivity index (χ0n) is 20.7. The molecule has 0 bridgehead atoms. The van der Waals surface area contributed by atoms with E-state index in [1.54, 1.807) is 7.11 Å². The quantitative estimate of drug-likeness (QED) is 0.271. The van der Waals surface area contributed by atoms with Crippen molar-refractivity contribution in [2.75, 3.05) is 17.7 Å². The van der Waals surface area contributed by atoms with Gasteiger partial charge >= 0.3 is 0 Å². The maximum atomic E-state index is 5.74. The van der Waals surface area contributed by atoms with Crippen LogP contribution >= 0.6 is 0 Å². The zero-order chi connectivity index (χ0) is 24.6. The molecule has 3 N–H and O–H groups in total. The number of ether oxygens (including phenoxy) is 2. The highest BCUT2D eigenvalue weighted by atomic mass is 16.6. The predicted octanol–water partition coefficient (Wildman–Crippen LogP) is 5.85. The number of nitrogens with one attached hydrogen (secondary N) is 3. The van der Waals surface area contributed by atoms with Gasteiger partial charge in [-0.25, -0.2) is 9.97 Å². The SMILES string of the molecule is CCCC1OC1Nc1cccc(-c2nc3c(c(Nc4ccc5[nH]ncc5c4)n2)C(C)C(OC)C=C3)c1. The van der Waals surface area contributed by atoms with Crippen LogP contribution < -0.4 is 10.6 Å². The van der Waals surface area contributed by atoms with E-state index in [-0.39, 0.29) is 18.2 Å². The molecule has 2 aromatic carbocycles. The molecule has 4 aromatic rings. The minimum Gasteiger partial charge on any atom is -0.377 e. The summed E-state index contributed by atoms with van der Waals surface area (Å²) in [6.45, 7) is 4.33. The monoisotopic (exact) mass is 482 g/mol. The van der Waals surface area contributed by atoms with Crippen molar-refractivity contribution in [1.82, 2.24) is 20.2 Å². The van der Waals surface area contributed by atoms with Crippen LogP contribution in [-0.4, -0.2) is 45.7 Å². The number of benzene rings is 2. The summed E-state index contributed by atoms with van der Waals surface area (Å²) in [5, 5.41) is 15.2. The summed E-state index contributed by atoms with van der Waals surface area (Å²) in [7, 11) is 1.73. The van der Waals surface area contributed by atoms with Crippen LogP contribution in [0.15, 0.2) is 54.7 Å². The molecule has 6 rings (SSSR count). The highest BCUT2D eigenvalue weighted by molar-refractivity contribution is 5.83. The predicted molar refractivity (Wildman–Crippen MR) is 142 cm³/mol. The van der Waals surface area contributed by atoms with Gasteiger partial charge in [-0.2, -0.15) is 5.10 Å². The Morgan fingerprint density at radius 1 is 1.11 bits per heavy atom. The summed E-state index contributed by atoms with van der Waals surface area (Å²) >= 11 is 0. The molecule has 2 aromatic heterocycles. The van der Waals surface area contributed by atoms with Gasteiger partial charge in [0.05, 0.1) is 23.5 Å². The van der Waals surface area contributed by atoms with E-state index in [9.17, 15) is 0 Å². The molecule has 0 spiro atoms. The smallest absolute Gasteiger partial charge is 0.162 e. The van der Waals surface area contributed by atoms with Gasteiger partial charge in [-0.05, 0) is 42.8 Å². The molecule has 8 heteroatoms. The van der Waals surface area contributed by atoms with Crippen molar-refractivity contribution in [3.63, 3.8) is 0 Å². The van der Waals surface area contributed by atoms with Crippen LogP contribution in [0.4, 0.5) is 17.2 Å². The fourth-order valence-electron chi connectivity index (χ4n) is 4.93. The van der Waals surface area contributed by atoms with Crippen LogP contribution in [0.5, 0.6) is 0 Å². The second kappa shape index (κ2) is 9.37. The molecule has 1 fully saturated rings. The molecule has 3 heterocycles. The Bertz CT molecular complexity index is 1430. The second-order valence-corrected chi connectivity index (χ2v) is 9.45. The highest BCUT2D eigenvalue weighted by Gasteiger charge is 2.37. The summed E-state index contributed by atoms with van der Waals surface area (Å²) in [5.74, 6) is 1.54. The van der Waals surface area contributed by atoms with Gasteiger partial charge in [0.25, 0.3) is 0 Å². The van der Waals surface area contributed by atoms with Crippen LogP contribution in [0.1, 0.15) is 43.9 Å². The molecule has 1 saturated heterocycles. The lowest BCUT2D eigenvalue weighted by Gasteiger charge is -2.27. The highest BCUT2D eigenvalue weighted by Crippen LogP contribution is 2.38. The number of hydrogen-bond donors (Lipinski definition) is 3. The first-order chi connectivity index (χ1) is 17.6. The first-order valence-corrected chi connectivity index (χ1v) is 12.5. The number of fused-ring (bicyclic) bond motifs is 2.